The van der Waals surface area contributed by atoms with Crippen molar-refractivity contribution >= 4 is 5.91 Å². The van der Waals surface area contributed by atoms with Gasteiger partial charge in [0.15, 0.2) is 0 Å². The van der Waals surface area contributed by atoms with E-state index in [4.69, 9.17) is 5.11 Å². The van der Waals surface area contributed by atoms with Crippen LogP contribution in [0.5, 0.6) is 0 Å². The fourth-order valence-corrected chi connectivity index (χ4v) is 2.90. The van der Waals surface area contributed by atoms with Crippen LogP contribution in [-0.2, 0) is 4.79 Å². The summed E-state index contributed by atoms with van der Waals surface area (Å²) in [7, 11) is 0. The highest BCUT2D eigenvalue weighted by Crippen LogP contribution is 2.25. The molecule has 18 heavy (non-hydrogen) atoms. The average Bonchev–Trinajstić information content (AvgIpc) is 2.25. The summed E-state index contributed by atoms with van der Waals surface area (Å²) in [6.45, 7) is 1.53. The smallest absolute Gasteiger partial charge is 0.240 e. The number of aliphatic hydroxyl groups excluding tert-OH is 1. The molecule has 0 aromatic heterocycles. The molecule has 0 spiro atoms. The van der Waals surface area contributed by atoms with Gasteiger partial charge in [-0.25, -0.2) is 0 Å². The molecule has 2 aliphatic rings. The van der Waals surface area contributed by atoms with Crippen molar-refractivity contribution in [3.05, 3.63) is 0 Å². The largest absolute Gasteiger partial charge is 0.395 e. The molecule has 2 N–H and O–H groups in total. The molecule has 2 rings (SSSR count). The minimum atomic E-state index is -0.0162. The van der Waals surface area contributed by atoms with Crippen LogP contribution in [0.2, 0.25) is 0 Å². The van der Waals surface area contributed by atoms with E-state index in [1.165, 1.54) is 25.7 Å². The van der Waals surface area contributed by atoms with Crippen LogP contribution in [0.1, 0.15) is 51.4 Å². The molecule has 1 heterocycles. The maximum absolute atomic E-state index is 12.5. The van der Waals surface area contributed by atoms with E-state index in [9.17, 15) is 4.79 Å². The first-order valence-corrected chi connectivity index (χ1v) is 7.47. The molecule has 1 saturated heterocycles. The van der Waals surface area contributed by atoms with E-state index in [1.54, 1.807) is 0 Å². The summed E-state index contributed by atoms with van der Waals surface area (Å²) >= 11 is 0. The molecule has 0 aromatic rings. The molecule has 4 nitrogen and oxygen atoms in total. The number of nitrogens with one attached hydrogen (secondary N) is 1. The monoisotopic (exact) mass is 254 g/mol. The molecule has 4 heteroatoms. The van der Waals surface area contributed by atoms with Gasteiger partial charge in [-0.15, -0.1) is 0 Å². The molecular formula is C14H26N2O2. The minimum Gasteiger partial charge on any atom is -0.395 e. The van der Waals surface area contributed by atoms with E-state index in [2.05, 4.69) is 5.32 Å². The Hall–Kier alpha value is -0.610. The van der Waals surface area contributed by atoms with Crippen molar-refractivity contribution in [3.8, 4) is 0 Å². The van der Waals surface area contributed by atoms with Crippen LogP contribution in [0.4, 0.5) is 0 Å². The summed E-state index contributed by atoms with van der Waals surface area (Å²) < 4.78 is 0. The van der Waals surface area contributed by atoms with Crippen LogP contribution in [0.25, 0.3) is 0 Å². The minimum absolute atomic E-state index is 0.0162. The molecule has 1 unspecified atom stereocenters. The molecule has 0 aromatic carbocycles. The van der Waals surface area contributed by atoms with Gasteiger partial charge in [-0.2, -0.15) is 0 Å². The van der Waals surface area contributed by atoms with Gasteiger partial charge >= 0.3 is 0 Å². The van der Waals surface area contributed by atoms with Crippen LogP contribution in [0.3, 0.4) is 0 Å². The fraction of sp³-hybridized carbons (Fsp3) is 0.929. The number of hydrogen-bond donors (Lipinski definition) is 2. The topological polar surface area (TPSA) is 52.6 Å². The second-order valence-corrected chi connectivity index (χ2v) is 5.55. The van der Waals surface area contributed by atoms with Crippen molar-refractivity contribution in [1.82, 2.24) is 10.2 Å². The second-order valence-electron chi connectivity index (χ2n) is 5.55. The molecular weight excluding hydrogens is 228 g/mol. The maximum atomic E-state index is 12.5. The van der Waals surface area contributed by atoms with Gasteiger partial charge in [0.05, 0.1) is 12.6 Å². The van der Waals surface area contributed by atoms with Crippen molar-refractivity contribution in [2.45, 2.75) is 63.5 Å². The van der Waals surface area contributed by atoms with Crippen molar-refractivity contribution < 1.29 is 9.90 Å². The van der Waals surface area contributed by atoms with Gasteiger partial charge in [-0.3, -0.25) is 4.79 Å². The summed E-state index contributed by atoms with van der Waals surface area (Å²) in [6, 6.07) is 0.370. The highest BCUT2D eigenvalue weighted by atomic mass is 16.3. The summed E-state index contributed by atoms with van der Waals surface area (Å²) in [4.78, 5) is 14.5. The molecule has 1 aliphatic carbocycles. The first-order valence-electron chi connectivity index (χ1n) is 7.47. The number of hydrogen-bond acceptors (Lipinski definition) is 3. The summed E-state index contributed by atoms with van der Waals surface area (Å²) in [5.74, 6) is 0.218. The molecule has 2 fully saturated rings. The Labute approximate surface area is 110 Å². The van der Waals surface area contributed by atoms with Gasteiger partial charge in [0.2, 0.25) is 5.91 Å². The van der Waals surface area contributed by atoms with Crippen molar-refractivity contribution in [2.75, 3.05) is 19.7 Å². The van der Waals surface area contributed by atoms with Gasteiger partial charge in [0.25, 0.3) is 0 Å². The highest BCUT2D eigenvalue weighted by molar-refractivity contribution is 5.82. The summed E-state index contributed by atoms with van der Waals surface area (Å²) in [6.07, 6.45) is 9.22. The maximum Gasteiger partial charge on any atom is 0.240 e. The van der Waals surface area contributed by atoms with E-state index in [0.29, 0.717) is 12.6 Å². The third-order valence-electron chi connectivity index (χ3n) is 4.25. The SMILES string of the molecule is O=C(C1CCCCCCN1)N(CCO)C1CCC1. The third kappa shape index (κ3) is 3.45. The van der Waals surface area contributed by atoms with Crippen LogP contribution in [-0.4, -0.2) is 47.7 Å². The number of nitrogens with zero attached hydrogens (tertiary/aromatic N) is 1. The fourth-order valence-electron chi connectivity index (χ4n) is 2.90. The van der Waals surface area contributed by atoms with E-state index < -0.39 is 0 Å². The highest BCUT2D eigenvalue weighted by Gasteiger charge is 2.32. The first kappa shape index (κ1) is 13.8. The zero-order valence-corrected chi connectivity index (χ0v) is 11.2. The lowest BCUT2D eigenvalue weighted by atomic mass is 9.90. The average molecular weight is 254 g/mol. The number of aliphatic hydroxyl groups is 1. The second kappa shape index (κ2) is 7.10. The Morgan fingerprint density at radius 1 is 1.11 bits per heavy atom. The van der Waals surface area contributed by atoms with E-state index >= 15 is 0 Å². The zero-order chi connectivity index (χ0) is 12.8. The normalized spacial score (nSPS) is 25.9. The lowest BCUT2D eigenvalue weighted by molar-refractivity contribution is -0.138. The number of amides is 1. The molecule has 1 saturated carbocycles. The summed E-state index contributed by atoms with van der Waals surface area (Å²) in [5.41, 5.74) is 0. The Kier molecular flexibility index (Phi) is 5.45. The van der Waals surface area contributed by atoms with Crippen molar-refractivity contribution in [1.29, 1.82) is 0 Å². The molecule has 1 aliphatic heterocycles. The molecule has 1 atom stereocenters. The van der Waals surface area contributed by atoms with Gasteiger partial charge in [-0.1, -0.05) is 19.3 Å². The van der Waals surface area contributed by atoms with Crippen LogP contribution >= 0.6 is 0 Å². The van der Waals surface area contributed by atoms with Crippen molar-refractivity contribution in [3.63, 3.8) is 0 Å². The van der Waals surface area contributed by atoms with E-state index in [-0.39, 0.29) is 18.6 Å². The first-order chi connectivity index (χ1) is 8.83. The van der Waals surface area contributed by atoms with E-state index in [0.717, 1.165) is 32.2 Å². The van der Waals surface area contributed by atoms with E-state index in [1.807, 2.05) is 4.90 Å². The third-order valence-corrected chi connectivity index (χ3v) is 4.25. The van der Waals surface area contributed by atoms with Crippen molar-refractivity contribution in [2.24, 2.45) is 0 Å². The standard InChI is InChI=1S/C14H26N2O2/c17-11-10-16(12-6-5-7-12)14(18)13-8-3-1-2-4-9-15-13/h12-13,15,17H,1-11H2. The number of rotatable bonds is 4. The lowest BCUT2D eigenvalue weighted by Crippen LogP contribution is -2.53. The molecule has 104 valence electrons. The Morgan fingerprint density at radius 2 is 1.89 bits per heavy atom. The lowest BCUT2D eigenvalue weighted by Gasteiger charge is -2.39. The quantitative estimate of drug-likeness (QED) is 0.794. The zero-order valence-electron chi connectivity index (χ0n) is 11.2. The Bertz CT molecular complexity index is 259. The van der Waals surface area contributed by atoms with Gasteiger partial charge < -0.3 is 15.3 Å². The number of carbonyl (C=O) groups is 1. The Balaban J connectivity index is 1.92. The molecule has 0 bridgehead atoms. The molecule has 0 radical (unpaired) electrons. The predicted molar refractivity (Wildman–Crippen MR) is 71.3 cm³/mol. The van der Waals surface area contributed by atoms with Gasteiger partial charge in [-0.05, 0) is 38.6 Å². The molecule has 1 amide bonds. The van der Waals surface area contributed by atoms with Crippen LogP contribution in [0.15, 0.2) is 0 Å². The Morgan fingerprint density at radius 3 is 2.56 bits per heavy atom. The van der Waals surface area contributed by atoms with Crippen LogP contribution in [0, 0.1) is 0 Å². The number of carbonyl (C=O) groups excluding carboxylic acids is 1. The van der Waals surface area contributed by atoms with Gasteiger partial charge in [0.1, 0.15) is 0 Å². The summed E-state index contributed by atoms with van der Waals surface area (Å²) in [5, 5.41) is 12.5. The van der Waals surface area contributed by atoms with Gasteiger partial charge in [0, 0.05) is 12.6 Å². The van der Waals surface area contributed by atoms with Crippen LogP contribution < -0.4 is 5.32 Å². The predicted octanol–water partition coefficient (Wildman–Crippen LogP) is 1.28.